The molecule has 4 rings (SSSR count). The first-order valence-electron chi connectivity index (χ1n) is 9.43. The van der Waals surface area contributed by atoms with Gasteiger partial charge >= 0.3 is 0 Å². The first kappa shape index (κ1) is 19.0. The standard InChI is InChI=1S/C23H22N2OS2/c1-27-18-13-11-16(12-14-18)15-24-23-21(19-9-5-6-10-20(19)28-23)22(26)25-17-7-3-2-4-8-17/h2-4,7-8,11-15H,5-6,9-10H2,1H3,(H,25,26). The Morgan fingerprint density at radius 2 is 1.82 bits per heavy atom. The van der Waals surface area contributed by atoms with Crippen LogP contribution in [0.15, 0.2) is 64.5 Å². The number of carbonyl (C=O) groups excluding carboxylic acids is 1. The van der Waals surface area contributed by atoms with Crippen molar-refractivity contribution >= 4 is 45.9 Å². The Morgan fingerprint density at radius 3 is 2.57 bits per heavy atom. The average molecular weight is 407 g/mol. The third-order valence-electron chi connectivity index (χ3n) is 4.86. The van der Waals surface area contributed by atoms with E-state index in [4.69, 9.17) is 4.99 Å². The Labute approximate surface area is 173 Å². The van der Waals surface area contributed by atoms with E-state index in [2.05, 4.69) is 35.8 Å². The second-order valence-electron chi connectivity index (χ2n) is 6.74. The summed E-state index contributed by atoms with van der Waals surface area (Å²) in [6, 6.07) is 17.9. The quantitative estimate of drug-likeness (QED) is 0.396. The molecule has 0 saturated heterocycles. The summed E-state index contributed by atoms with van der Waals surface area (Å²) in [5, 5.41) is 3.85. The van der Waals surface area contributed by atoms with Crippen molar-refractivity contribution < 1.29 is 4.79 Å². The average Bonchev–Trinajstić information content (AvgIpc) is 3.12. The van der Waals surface area contributed by atoms with Crippen LogP contribution in [0, 0.1) is 0 Å². The molecule has 0 unspecified atom stereocenters. The highest BCUT2D eigenvalue weighted by Crippen LogP contribution is 2.40. The van der Waals surface area contributed by atoms with Crippen LogP contribution in [-0.2, 0) is 12.8 Å². The van der Waals surface area contributed by atoms with Crippen molar-refractivity contribution in [3.8, 4) is 0 Å². The van der Waals surface area contributed by atoms with Crippen LogP contribution in [0.25, 0.3) is 0 Å². The van der Waals surface area contributed by atoms with Gasteiger partial charge in [-0.25, -0.2) is 4.99 Å². The number of anilines is 1. The van der Waals surface area contributed by atoms with Gasteiger partial charge in [0.05, 0.1) is 5.56 Å². The van der Waals surface area contributed by atoms with Gasteiger partial charge in [-0.2, -0.15) is 0 Å². The monoisotopic (exact) mass is 406 g/mol. The SMILES string of the molecule is CSc1ccc(C=Nc2sc3c(c2C(=O)Nc2ccccc2)CCCC3)cc1. The second-order valence-corrected chi connectivity index (χ2v) is 8.71. The Morgan fingerprint density at radius 1 is 1.07 bits per heavy atom. The maximum Gasteiger partial charge on any atom is 0.259 e. The second kappa shape index (κ2) is 8.76. The van der Waals surface area contributed by atoms with Gasteiger partial charge < -0.3 is 5.32 Å². The van der Waals surface area contributed by atoms with Crippen LogP contribution < -0.4 is 5.32 Å². The third-order valence-corrected chi connectivity index (χ3v) is 6.80. The van der Waals surface area contributed by atoms with E-state index in [1.165, 1.54) is 21.8 Å². The topological polar surface area (TPSA) is 41.5 Å². The lowest BCUT2D eigenvalue weighted by molar-refractivity contribution is 0.102. The summed E-state index contributed by atoms with van der Waals surface area (Å²) >= 11 is 3.39. The molecule has 3 aromatic rings. The van der Waals surface area contributed by atoms with Crippen molar-refractivity contribution in [1.82, 2.24) is 0 Å². The predicted octanol–water partition coefficient (Wildman–Crippen LogP) is 6.35. The van der Waals surface area contributed by atoms with Gasteiger partial charge in [-0.05, 0) is 67.3 Å². The van der Waals surface area contributed by atoms with Gasteiger partial charge in [-0.15, -0.1) is 23.1 Å². The number of carbonyl (C=O) groups is 1. The molecule has 1 amide bonds. The van der Waals surface area contributed by atoms with Crippen molar-refractivity contribution in [2.24, 2.45) is 4.99 Å². The number of thiophene rings is 1. The molecule has 0 radical (unpaired) electrons. The van der Waals surface area contributed by atoms with Gasteiger partial charge in [0.2, 0.25) is 0 Å². The van der Waals surface area contributed by atoms with Gasteiger partial charge in [0.1, 0.15) is 5.00 Å². The third kappa shape index (κ3) is 4.21. The lowest BCUT2D eigenvalue weighted by atomic mass is 9.95. The molecule has 2 aromatic carbocycles. The van der Waals surface area contributed by atoms with Crippen LogP contribution in [0.3, 0.4) is 0 Å². The highest BCUT2D eigenvalue weighted by molar-refractivity contribution is 7.98. The maximum atomic E-state index is 13.1. The molecular formula is C23H22N2OS2. The molecule has 3 nitrogen and oxygen atoms in total. The number of aliphatic imine (C=N–C) groups is 1. The van der Waals surface area contributed by atoms with Gasteiger partial charge in [-0.3, -0.25) is 4.79 Å². The fraction of sp³-hybridized carbons (Fsp3) is 0.217. The van der Waals surface area contributed by atoms with Crippen LogP contribution in [0.4, 0.5) is 10.7 Å². The minimum absolute atomic E-state index is 0.0597. The number of nitrogens with zero attached hydrogens (tertiary/aromatic N) is 1. The number of fused-ring (bicyclic) bond motifs is 1. The number of hydrogen-bond acceptors (Lipinski definition) is 4. The molecule has 0 fully saturated rings. The van der Waals surface area contributed by atoms with Gasteiger partial charge in [-0.1, -0.05) is 30.3 Å². The van der Waals surface area contributed by atoms with Crippen LogP contribution in [-0.4, -0.2) is 18.4 Å². The number of hydrogen-bond donors (Lipinski definition) is 1. The Bertz CT molecular complexity index is 991. The summed E-state index contributed by atoms with van der Waals surface area (Å²) in [5.74, 6) is -0.0597. The molecule has 1 heterocycles. The lowest BCUT2D eigenvalue weighted by Crippen LogP contribution is -2.14. The van der Waals surface area contributed by atoms with Crippen LogP contribution in [0.5, 0.6) is 0 Å². The summed E-state index contributed by atoms with van der Waals surface area (Å²) in [7, 11) is 0. The Balaban J connectivity index is 1.65. The predicted molar refractivity (Wildman–Crippen MR) is 121 cm³/mol. The normalized spacial score (nSPS) is 13.5. The molecule has 1 aromatic heterocycles. The molecule has 0 spiro atoms. The van der Waals surface area contributed by atoms with E-state index in [-0.39, 0.29) is 5.91 Å². The summed E-state index contributed by atoms with van der Waals surface area (Å²) in [6.45, 7) is 0. The minimum Gasteiger partial charge on any atom is -0.322 e. The lowest BCUT2D eigenvalue weighted by Gasteiger charge is -2.12. The van der Waals surface area contributed by atoms with Crippen molar-refractivity contribution in [3.63, 3.8) is 0 Å². The molecule has 5 heteroatoms. The first-order valence-corrected chi connectivity index (χ1v) is 11.5. The molecule has 0 atom stereocenters. The zero-order valence-electron chi connectivity index (χ0n) is 15.8. The van der Waals surface area contributed by atoms with Gasteiger partial charge in [0.15, 0.2) is 0 Å². The fourth-order valence-electron chi connectivity index (χ4n) is 3.41. The number of amides is 1. The van der Waals surface area contributed by atoms with E-state index in [0.717, 1.165) is 41.1 Å². The van der Waals surface area contributed by atoms with Gasteiger partial charge in [0, 0.05) is 21.7 Å². The Kier molecular flexibility index (Phi) is 5.93. The number of nitrogens with one attached hydrogen (secondary N) is 1. The van der Waals surface area contributed by atoms with E-state index in [0.29, 0.717) is 0 Å². The van der Waals surface area contributed by atoms with Crippen LogP contribution >= 0.6 is 23.1 Å². The van der Waals surface area contributed by atoms with E-state index >= 15 is 0 Å². The number of benzene rings is 2. The highest BCUT2D eigenvalue weighted by atomic mass is 32.2. The van der Waals surface area contributed by atoms with Gasteiger partial charge in [0.25, 0.3) is 5.91 Å². The van der Waals surface area contributed by atoms with E-state index in [1.54, 1.807) is 23.1 Å². The molecule has 1 aliphatic carbocycles. The molecule has 142 valence electrons. The smallest absolute Gasteiger partial charge is 0.259 e. The van der Waals surface area contributed by atoms with E-state index in [1.807, 2.05) is 36.5 Å². The van der Waals surface area contributed by atoms with Crippen molar-refractivity contribution in [2.45, 2.75) is 30.6 Å². The first-order chi connectivity index (χ1) is 13.7. The molecule has 28 heavy (non-hydrogen) atoms. The summed E-state index contributed by atoms with van der Waals surface area (Å²) in [4.78, 5) is 20.3. The number of aryl methyl sites for hydroxylation is 1. The van der Waals surface area contributed by atoms with Crippen LogP contribution in [0.1, 0.15) is 39.2 Å². The molecular weight excluding hydrogens is 384 g/mol. The molecule has 0 saturated carbocycles. The van der Waals surface area contributed by atoms with Crippen molar-refractivity contribution in [2.75, 3.05) is 11.6 Å². The van der Waals surface area contributed by atoms with Crippen LogP contribution in [0.2, 0.25) is 0 Å². The number of thioether (sulfide) groups is 1. The van der Waals surface area contributed by atoms with E-state index in [9.17, 15) is 4.79 Å². The van der Waals surface area contributed by atoms with Crippen molar-refractivity contribution in [1.29, 1.82) is 0 Å². The highest BCUT2D eigenvalue weighted by Gasteiger charge is 2.25. The summed E-state index contributed by atoms with van der Waals surface area (Å²) in [5.41, 5.74) is 3.79. The van der Waals surface area contributed by atoms with E-state index < -0.39 is 0 Å². The maximum absolute atomic E-state index is 13.1. The Hall–Kier alpha value is -2.37. The molecule has 0 aliphatic heterocycles. The summed E-state index contributed by atoms with van der Waals surface area (Å²) in [6.07, 6.45) is 8.25. The molecule has 0 bridgehead atoms. The van der Waals surface area contributed by atoms with Crippen molar-refractivity contribution in [3.05, 3.63) is 76.2 Å². The zero-order valence-corrected chi connectivity index (χ0v) is 17.4. The fourth-order valence-corrected chi connectivity index (χ4v) is 5.05. The minimum atomic E-state index is -0.0597. The number of rotatable bonds is 5. The molecule has 1 N–H and O–H groups in total. The largest absolute Gasteiger partial charge is 0.322 e. The summed E-state index contributed by atoms with van der Waals surface area (Å²) < 4.78 is 0. The zero-order chi connectivity index (χ0) is 19.3. The molecule has 1 aliphatic rings. The number of para-hydroxylation sites is 1.